The smallest absolute Gasteiger partial charge is 0.325 e. The molecule has 0 radical (unpaired) electrons. The molecule has 0 aliphatic carbocycles. The second-order valence-corrected chi connectivity index (χ2v) is 9.77. The van der Waals surface area contributed by atoms with Crippen molar-refractivity contribution >= 4 is 32.8 Å². The Hall–Kier alpha value is -2.72. The van der Waals surface area contributed by atoms with E-state index in [0.29, 0.717) is 10.7 Å². The van der Waals surface area contributed by atoms with E-state index in [9.17, 15) is 26.4 Å². The molecule has 1 N–H and O–H groups in total. The van der Waals surface area contributed by atoms with Gasteiger partial charge >= 0.3 is 6.18 Å². The molecule has 0 saturated heterocycles. The van der Waals surface area contributed by atoms with Crippen molar-refractivity contribution < 1.29 is 26.4 Å². The van der Waals surface area contributed by atoms with E-state index >= 15 is 0 Å². The molecule has 3 aromatic rings. The number of amides is 1. The molecule has 31 heavy (non-hydrogen) atoms. The maximum absolute atomic E-state index is 12.6. The molecule has 0 aliphatic rings. The first-order valence-corrected chi connectivity index (χ1v) is 12.0. The Morgan fingerprint density at radius 3 is 2.29 bits per heavy atom. The van der Waals surface area contributed by atoms with Crippen LogP contribution in [-0.2, 0) is 33.0 Å². The zero-order valence-corrected chi connectivity index (χ0v) is 18.1. The Kier molecular flexibility index (Phi) is 6.80. The highest BCUT2D eigenvalue weighted by atomic mass is 32.2. The third kappa shape index (κ3) is 6.38. The number of hydrogen-bond donors (Lipinski definition) is 1. The summed E-state index contributed by atoms with van der Waals surface area (Å²) in [6.45, 7) is 2.05. The monoisotopic (exact) mass is 468 g/mol. The highest BCUT2D eigenvalue weighted by molar-refractivity contribution is 7.91. The number of nitrogens with one attached hydrogen (secondary N) is 1. The van der Waals surface area contributed by atoms with Crippen LogP contribution in [0, 0.1) is 0 Å². The number of rotatable bonds is 7. The first kappa shape index (κ1) is 23.0. The van der Waals surface area contributed by atoms with Gasteiger partial charge in [0.15, 0.2) is 9.84 Å². The number of aryl methyl sites for hydroxylation is 1. The maximum Gasteiger partial charge on any atom is 0.416 e. The normalized spacial score (nSPS) is 12.0. The van der Waals surface area contributed by atoms with Crippen molar-refractivity contribution in [3.05, 3.63) is 70.7 Å². The Balaban J connectivity index is 1.60. The van der Waals surface area contributed by atoms with Gasteiger partial charge in [0.2, 0.25) is 5.91 Å². The number of benzene rings is 2. The molecule has 2 aromatic carbocycles. The molecule has 5 nitrogen and oxygen atoms in total. The number of anilines is 1. The summed E-state index contributed by atoms with van der Waals surface area (Å²) >= 11 is 1.31. The Labute approximate surface area is 181 Å². The van der Waals surface area contributed by atoms with Crippen molar-refractivity contribution in [3.8, 4) is 10.6 Å². The Morgan fingerprint density at radius 1 is 1.06 bits per heavy atom. The largest absolute Gasteiger partial charge is 0.416 e. The van der Waals surface area contributed by atoms with Gasteiger partial charge in [-0.25, -0.2) is 13.4 Å². The molecule has 0 atom stereocenters. The van der Waals surface area contributed by atoms with E-state index in [2.05, 4.69) is 17.2 Å². The van der Waals surface area contributed by atoms with Crippen LogP contribution in [0.15, 0.2) is 53.9 Å². The summed E-state index contributed by atoms with van der Waals surface area (Å²) in [4.78, 5) is 16.4. The molecule has 0 unspecified atom stereocenters. The second kappa shape index (κ2) is 9.19. The zero-order valence-electron chi connectivity index (χ0n) is 16.4. The molecule has 0 saturated carbocycles. The molecule has 1 aromatic heterocycles. The van der Waals surface area contributed by atoms with Gasteiger partial charge < -0.3 is 5.32 Å². The van der Waals surface area contributed by atoms with Crippen LogP contribution in [0.4, 0.5) is 18.9 Å². The molecule has 0 fully saturated rings. The van der Waals surface area contributed by atoms with Gasteiger partial charge in [-0.3, -0.25) is 4.79 Å². The zero-order chi connectivity index (χ0) is 22.6. The van der Waals surface area contributed by atoms with Gasteiger partial charge in [-0.15, -0.1) is 11.3 Å². The number of carbonyl (C=O) groups is 1. The van der Waals surface area contributed by atoms with Crippen LogP contribution in [0.5, 0.6) is 0 Å². The highest BCUT2D eigenvalue weighted by Gasteiger charge is 2.30. The fourth-order valence-corrected chi connectivity index (χ4v) is 4.91. The van der Waals surface area contributed by atoms with Crippen molar-refractivity contribution in [2.45, 2.75) is 25.3 Å². The summed E-state index contributed by atoms with van der Waals surface area (Å²) in [5.41, 5.74) is 1.62. The summed E-state index contributed by atoms with van der Waals surface area (Å²) in [6, 6.07) is 11.6. The van der Waals surface area contributed by atoms with Gasteiger partial charge in [0, 0.05) is 16.6 Å². The molecule has 0 bridgehead atoms. The predicted molar refractivity (Wildman–Crippen MR) is 114 cm³/mol. The van der Waals surface area contributed by atoms with E-state index in [4.69, 9.17) is 0 Å². The second-order valence-electron chi connectivity index (χ2n) is 6.85. The minimum absolute atomic E-state index is 0.0830. The quantitative estimate of drug-likeness (QED) is 0.533. The molecular formula is C21H19F3N2O3S2. The standard InChI is InChI=1S/C21H19F3N2O3S2/c1-2-14-3-5-15(6-4-14)20-26-18(11-30-20)12-31(28,29)13-19(27)25-17-9-7-16(8-10-17)21(22,23)24/h3-11H,2,12-13H2,1H3,(H,25,27). The van der Waals surface area contributed by atoms with Crippen LogP contribution < -0.4 is 5.32 Å². The number of halogens is 3. The number of nitrogens with zero attached hydrogens (tertiary/aromatic N) is 1. The molecular weight excluding hydrogens is 449 g/mol. The van der Waals surface area contributed by atoms with E-state index in [1.807, 2.05) is 24.3 Å². The van der Waals surface area contributed by atoms with E-state index < -0.39 is 39.0 Å². The van der Waals surface area contributed by atoms with Gasteiger partial charge in [0.25, 0.3) is 0 Å². The number of hydrogen-bond acceptors (Lipinski definition) is 5. The predicted octanol–water partition coefficient (Wildman–Crippen LogP) is 4.94. The van der Waals surface area contributed by atoms with E-state index in [1.54, 1.807) is 5.38 Å². The fraction of sp³-hybridized carbons (Fsp3) is 0.238. The maximum atomic E-state index is 12.6. The van der Waals surface area contributed by atoms with E-state index in [1.165, 1.54) is 16.9 Å². The van der Waals surface area contributed by atoms with Crippen LogP contribution in [0.1, 0.15) is 23.7 Å². The van der Waals surface area contributed by atoms with Gasteiger partial charge in [-0.2, -0.15) is 13.2 Å². The van der Waals surface area contributed by atoms with Crippen molar-refractivity contribution in [2.75, 3.05) is 11.1 Å². The van der Waals surface area contributed by atoms with Crippen LogP contribution in [0.2, 0.25) is 0 Å². The fourth-order valence-electron chi connectivity index (χ4n) is 2.80. The lowest BCUT2D eigenvalue weighted by Crippen LogP contribution is -2.24. The summed E-state index contributed by atoms with van der Waals surface area (Å²) in [5, 5.41) is 4.62. The minimum atomic E-state index is -4.49. The topological polar surface area (TPSA) is 76.1 Å². The van der Waals surface area contributed by atoms with Gasteiger partial charge in [-0.05, 0) is 36.2 Å². The number of thiazole rings is 1. The molecule has 0 aliphatic heterocycles. The SMILES string of the molecule is CCc1ccc(-c2nc(CS(=O)(=O)CC(=O)Nc3ccc(C(F)(F)F)cc3)cs2)cc1. The van der Waals surface area contributed by atoms with Crippen molar-refractivity contribution in [2.24, 2.45) is 0 Å². The van der Waals surface area contributed by atoms with Gasteiger partial charge in [-0.1, -0.05) is 31.2 Å². The minimum Gasteiger partial charge on any atom is -0.325 e. The summed E-state index contributed by atoms with van der Waals surface area (Å²) in [5.74, 6) is -2.03. The number of sulfone groups is 1. The summed E-state index contributed by atoms with van der Waals surface area (Å²) < 4.78 is 62.5. The first-order chi connectivity index (χ1) is 14.6. The van der Waals surface area contributed by atoms with Crippen LogP contribution in [0.25, 0.3) is 10.6 Å². The number of alkyl halides is 3. The lowest BCUT2D eigenvalue weighted by Gasteiger charge is -2.09. The van der Waals surface area contributed by atoms with E-state index in [0.717, 1.165) is 36.2 Å². The number of aromatic nitrogens is 1. The van der Waals surface area contributed by atoms with E-state index in [-0.39, 0.29) is 5.69 Å². The van der Waals surface area contributed by atoms with Crippen molar-refractivity contribution in [1.29, 1.82) is 0 Å². The Bertz CT molecular complexity index is 1150. The first-order valence-electron chi connectivity index (χ1n) is 9.27. The van der Waals surface area contributed by atoms with Crippen LogP contribution >= 0.6 is 11.3 Å². The molecule has 3 rings (SSSR count). The molecule has 10 heteroatoms. The lowest BCUT2D eigenvalue weighted by atomic mass is 10.1. The Morgan fingerprint density at radius 2 is 1.71 bits per heavy atom. The molecule has 0 spiro atoms. The lowest BCUT2D eigenvalue weighted by molar-refractivity contribution is -0.137. The van der Waals surface area contributed by atoms with Gasteiger partial charge in [0.1, 0.15) is 10.8 Å². The summed E-state index contributed by atoms with van der Waals surface area (Å²) in [7, 11) is -3.81. The van der Waals surface area contributed by atoms with Crippen LogP contribution in [0.3, 0.4) is 0 Å². The van der Waals surface area contributed by atoms with Crippen molar-refractivity contribution in [1.82, 2.24) is 4.98 Å². The van der Waals surface area contributed by atoms with Crippen LogP contribution in [-0.4, -0.2) is 25.1 Å². The third-order valence-electron chi connectivity index (χ3n) is 4.38. The molecule has 164 valence electrons. The third-order valence-corrected chi connectivity index (χ3v) is 6.75. The number of carbonyl (C=O) groups excluding carboxylic acids is 1. The average molecular weight is 469 g/mol. The molecule has 1 heterocycles. The average Bonchev–Trinajstić information content (AvgIpc) is 3.14. The highest BCUT2D eigenvalue weighted by Crippen LogP contribution is 2.30. The molecule has 1 amide bonds. The van der Waals surface area contributed by atoms with Crippen molar-refractivity contribution in [3.63, 3.8) is 0 Å². The van der Waals surface area contributed by atoms with Gasteiger partial charge in [0.05, 0.1) is 17.0 Å². The summed E-state index contributed by atoms with van der Waals surface area (Å²) in [6.07, 6.45) is -3.58.